The number of nitrogens with zero attached hydrogens (tertiary/aromatic N) is 2. The topological polar surface area (TPSA) is 105 Å². The minimum absolute atomic E-state index is 0.0759. The molecule has 0 saturated heterocycles. The molecule has 0 aromatic heterocycles. The van der Waals surface area contributed by atoms with Crippen LogP contribution in [0.15, 0.2) is 127 Å². The number of para-hydroxylation sites is 2. The van der Waals surface area contributed by atoms with E-state index in [9.17, 15) is 18.8 Å². The van der Waals surface area contributed by atoms with Crippen LogP contribution in [0, 0.1) is 11.7 Å². The number of carbonyl (C=O) groups excluding carboxylic acids is 3. The second-order valence-electron chi connectivity index (χ2n) is 11.5. The van der Waals surface area contributed by atoms with E-state index in [-0.39, 0.29) is 13.1 Å². The smallest absolute Gasteiger partial charge is 0.244 e. The molecule has 1 atom stereocenters. The second kappa shape index (κ2) is 14.7. The van der Waals surface area contributed by atoms with Gasteiger partial charge in [-0.1, -0.05) is 84.9 Å². The third-order valence-electron chi connectivity index (χ3n) is 8.26. The molecule has 9 heteroatoms. The number of benzene rings is 5. The fourth-order valence-electron chi connectivity index (χ4n) is 5.66. The minimum atomic E-state index is -1.35. The van der Waals surface area contributed by atoms with Crippen molar-refractivity contribution in [2.45, 2.75) is 32.7 Å². The average molecular weight is 643 g/mol. The molecule has 1 heterocycles. The summed E-state index contributed by atoms with van der Waals surface area (Å²) in [5.41, 5.74) is 10.4. The van der Waals surface area contributed by atoms with Crippen molar-refractivity contribution >= 4 is 34.8 Å². The molecule has 0 radical (unpaired) electrons. The summed E-state index contributed by atoms with van der Waals surface area (Å²) in [7, 11) is 0. The Morgan fingerprint density at radius 3 is 2.08 bits per heavy atom. The van der Waals surface area contributed by atoms with Crippen LogP contribution in [0.3, 0.4) is 0 Å². The maximum atomic E-state index is 14.4. The van der Waals surface area contributed by atoms with Crippen molar-refractivity contribution in [3.63, 3.8) is 0 Å². The Hall–Kier alpha value is -5.80. The van der Waals surface area contributed by atoms with Crippen molar-refractivity contribution in [1.29, 1.82) is 0 Å². The number of carbonyl (C=O) groups is 3. The Labute approximate surface area is 278 Å². The largest absolute Gasteiger partial charge is 0.489 e. The molecule has 6 rings (SSSR count). The van der Waals surface area contributed by atoms with Crippen molar-refractivity contribution in [3.05, 3.63) is 155 Å². The highest BCUT2D eigenvalue weighted by molar-refractivity contribution is 6.21. The molecular weight excluding hydrogens is 607 g/mol. The van der Waals surface area contributed by atoms with Gasteiger partial charge in [0.25, 0.3) is 0 Å². The number of hydrogen-bond acceptors (Lipinski definition) is 5. The highest BCUT2D eigenvalue weighted by Crippen LogP contribution is 2.40. The summed E-state index contributed by atoms with van der Waals surface area (Å²) in [6, 6.07) is 37.8. The van der Waals surface area contributed by atoms with Gasteiger partial charge in [-0.05, 0) is 59.2 Å². The zero-order chi connectivity index (χ0) is 33.5. The molecule has 1 unspecified atom stereocenters. The molecule has 0 bridgehead atoms. The predicted octanol–water partition coefficient (Wildman–Crippen LogP) is 6.40. The minimum Gasteiger partial charge on any atom is -0.489 e. The zero-order valence-corrected chi connectivity index (χ0v) is 26.2. The Morgan fingerprint density at radius 2 is 1.38 bits per heavy atom. The van der Waals surface area contributed by atoms with Crippen molar-refractivity contribution in [2.75, 3.05) is 9.80 Å². The molecule has 48 heavy (non-hydrogen) atoms. The van der Waals surface area contributed by atoms with Crippen LogP contribution >= 0.6 is 0 Å². The third-order valence-corrected chi connectivity index (χ3v) is 8.26. The second-order valence-corrected chi connectivity index (χ2v) is 11.5. The maximum absolute atomic E-state index is 14.4. The summed E-state index contributed by atoms with van der Waals surface area (Å²) in [5.74, 6) is -2.73. The first-order valence-corrected chi connectivity index (χ1v) is 15.7. The monoisotopic (exact) mass is 642 g/mol. The zero-order valence-electron chi connectivity index (χ0n) is 26.2. The Bertz CT molecular complexity index is 1900. The fraction of sp³-hybridized carbons (Fsp3) is 0.154. The maximum Gasteiger partial charge on any atom is 0.244 e. The van der Waals surface area contributed by atoms with Crippen molar-refractivity contribution in [3.8, 4) is 5.75 Å². The number of halogens is 1. The van der Waals surface area contributed by atoms with Crippen LogP contribution in [0.2, 0.25) is 0 Å². The Morgan fingerprint density at radius 1 is 0.729 bits per heavy atom. The van der Waals surface area contributed by atoms with Gasteiger partial charge in [-0.25, -0.2) is 4.39 Å². The molecule has 0 aliphatic carbocycles. The van der Waals surface area contributed by atoms with Gasteiger partial charge in [0.1, 0.15) is 24.1 Å². The molecular formula is C39H35FN4O4. The van der Waals surface area contributed by atoms with Gasteiger partial charge in [0.05, 0.1) is 17.9 Å². The van der Waals surface area contributed by atoms with Crippen molar-refractivity contribution in [2.24, 2.45) is 11.7 Å². The van der Waals surface area contributed by atoms with E-state index in [0.717, 1.165) is 16.7 Å². The van der Waals surface area contributed by atoms with Crippen LogP contribution < -0.4 is 25.6 Å². The molecule has 1 aliphatic heterocycles. The van der Waals surface area contributed by atoms with Crippen LogP contribution in [0.4, 0.5) is 21.5 Å². The van der Waals surface area contributed by atoms with Crippen LogP contribution in [0.25, 0.3) is 0 Å². The van der Waals surface area contributed by atoms with Crippen LogP contribution in [-0.2, 0) is 40.6 Å². The SMILES string of the molecule is NCc1ccc(N2C(=O)C(CC(=O)NCc3ccccc3F)C(=O)N(Cc3ccc(OCc4ccccc4)cc3)c3ccccc32)cc1. The lowest BCUT2D eigenvalue weighted by molar-refractivity contribution is -0.136. The highest BCUT2D eigenvalue weighted by atomic mass is 19.1. The van der Waals surface area contributed by atoms with Crippen molar-refractivity contribution in [1.82, 2.24) is 5.32 Å². The van der Waals surface area contributed by atoms with Gasteiger partial charge >= 0.3 is 0 Å². The molecule has 242 valence electrons. The summed E-state index contributed by atoms with van der Waals surface area (Å²) in [4.78, 5) is 45.1. The van der Waals surface area contributed by atoms with Gasteiger partial charge < -0.3 is 20.7 Å². The number of amides is 3. The number of anilines is 3. The molecule has 1 aliphatic rings. The molecule has 3 N–H and O–H groups in total. The number of ether oxygens (including phenoxy) is 1. The van der Waals surface area contributed by atoms with Crippen LogP contribution in [-0.4, -0.2) is 17.7 Å². The van der Waals surface area contributed by atoms with Gasteiger partial charge in [-0.2, -0.15) is 0 Å². The van der Waals surface area contributed by atoms with E-state index in [1.807, 2.05) is 66.7 Å². The van der Waals surface area contributed by atoms with Crippen LogP contribution in [0.5, 0.6) is 5.75 Å². The summed E-state index contributed by atoms with van der Waals surface area (Å²) < 4.78 is 20.2. The first-order chi connectivity index (χ1) is 23.4. The summed E-state index contributed by atoms with van der Waals surface area (Å²) in [6.45, 7) is 0.823. The average Bonchev–Trinajstić information content (AvgIpc) is 3.20. The predicted molar refractivity (Wildman–Crippen MR) is 183 cm³/mol. The lowest BCUT2D eigenvalue weighted by Crippen LogP contribution is -2.43. The summed E-state index contributed by atoms with van der Waals surface area (Å²) >= 11 is 0. The molecule has 0 spiro atoms. The Kier molecular flexibility index (Phi) is 9.88. The molecule has 0 saturated carbocycles. The van der Waals surface area contributed by atoms with E-state index in [4.69, 9.17) is 10.5 Å². The molecule has 5 aromatic rings. The van der Waals surface area contributed by atoms with E-state index in [1.54, 1.807) is 59.5 Å². The summed E-state index contributed by atoms with van der Waals surface area (Å²) in [5, 5.41) is 2.69. The normalized spacial score (nSPS) is 14.3. The molecule has 5 aromatic carbocycles. The van der Waals surface area contributed by atoms with Gasteiger partial charge in [0.15, 0.2) is 0 Å². The molecule has 3 amide bonds. The van der Waals surface area contributed by atoms with E-state index in [2.05, 4.69) is 5.32 Å². The molecule has 0 fully saturated rings. The first-order valence-electron chi connectivity index (χ1n) is 15.7. The lowest BCUT2D eigenvalue weighted by Gasteiger charge is -2.26. The van der Waals surface area contributed by atoms with Gasteiger partial charge in [0, 0.05) is 30.8 Å². The van der Waals surface area contributed by atoms with E-state index < -0.39 is 35.9 Å². The first kappa shape index (κ1) is 32.2. The van der Waals surface area contributed by atoms with Crippen LogP contribution in [0.1, 0.15) is 28.7 Å². The van der Waals surface area contributed by atoms with Gasteiger partial charge in [-0.15, -0.1) is 0 Å². The third kappa shape index (κ3) is 7.27. The van der Waals surface area contributed by atoms with E-state index in [1.165, 1.54) is 11.0 Å². The van der Waals surface area contributed by atoms with Gasteiger partial charge in [0.2, 0.25) is 17.7 Å². The Balaban J connectivity index is 1.30. The van der Waals surface area contributed by atoms with Crippen molar-refractivity contribution < 1.29 is 23.5 Å². The highest BCUT2D eigenvalue weighted by Gasteiger charge is 2.42. The quantitative estimate of drug-likeness (QED) is 0.162. The summed E-state index contributed by atoms with van der Waals surface area (Å²) in [6.07, 6.45) is -0.416. The number of hydrogen-bond donors (Lipinski definition) is 2. The number of nitrogens with two attached hydrogens (primary N) is 1. The van der Waals surface area contributed by atoms with E-state index in [0.29, 0.717) is 41.5 Å². The number of nitrogens with one attached hydrogen (secondary N) is 1. The standard InChI is InChI=1S/C39H35FN4O4/c40-34-11-5-4-10-30(34)24-42-37(45)22-33-38(46)43(25-28-16-20-32(21-17-28)48-26-29-8-2-1-3-9-29)35-12-6-7-13-36(35)44(39(33)47)31-18-14-27(23-41)15-19-31/h1-21,33H,22-26,41H2,(H,42,45). The number of rotatable bonds is 11. The molecule has 8 nitrogen and oxygen atoms in total. The van der Waals surface area contributed by atoms with E-state index >= 15 is 0 Å². The van der Waals surface area contributed by atoms with Gasteiger partial charge in [-0.3, -0.25) is 19.3 Å². The lowest BCUT2D eigenvalue weighted by atomic mass is 10.0. The number of fused-ring (bicyclic) bond motifs is 1. The fourth-order valence-corrected chi connectivity index (χ4v) is 5.66.